The third-order valence-electron chi connectivity index (χ3n) is 7.41. The number of rotatable bonds is 12. The molecule has 1 N–H and O–H groups in total. The third-order valence-corrected chi connectivity index (χ3v) is 7.41. The highest BCUT2D eigenvalue weighted by Gasteiger charge is 2.22. The number of benzene rings is 4. The first-order chi connectivity index (χ1) is 22.4. The molecule has 238 valence electrons. The molecule has 1 aromatic heterocycles. The van der Waals surface area contributed by atoms with Crippen molar-refractivity contribution in [2.75, 3.05) is 49.8 Å². The Bertz CT molecular complexity index is 1830. The highest BCUT2D eigenvalue weighted by Crippen LogP contribution is 2.45. The Hall–Kier alpha value is -5.71. The molecule has 0 aliphatic heterocycles. The molecule has 0 saturated heterocycles. The third kappa shape index (κ3) is 6.25. The molecule has 0 unspecified atom stereocenters. The van der Waals surface area contributed by atoms with Gasteiger partial charge in [-0.3, -0.25) is 4.79 Å². The summed E-state index contributed by atoms with van der Waals surface area (Å²) in [6.45, 7) is 0.351. The molecule has 0 radical (unpaired) electrons. The average molecular weight is 626 g/mol. The molecular weight excluding hydrogens is 590 g/mol. The lowest BCUT2D eigenvalue weighted by atomic mass is 10.0. The van der Waals surface area contributed by atoms with Crippen molar-refractivity contribution >= 4 is 16.9 Å². The summed E-state index contributed by atoms with van der Waals surface area (Å²) < 4.78 is 38.8. The fourth-order valence-electron chi connectivity index (χ4n) is 5.06. The van der Waals surface area contributed by atoms with Gasteiger partial charge < -0.3 is 38.5 Å². The van der Waals surface area contributed by atoms with Crippen LogP contribution < -0.4 is 38.5 Å². The first kappa shape index (κ1) is 31.7. The maximum Gasteiger partial charge on any atom is 0.251 e. The van der Waals surface area contributed by atoms with Crippen LogP contribution in [0.25, 0.3) is 33.5 Å². The Morgan fingerprint density at radius 3 is 1.48 bits per heavy atom. The molecule has 5 rings (SSSR count). The van der Waals surface area contributed by atoms with Gasteiger partial charge in [-0.15, -0.1) is 0 Å². The predicted molar refractivity (Wildman–Crippen MR) is 174 cm³/mol. The number of hydrogen-bond donors (Lipinski definition) is 1. The van der Waals surface area contributed by atoms with Gasteiger partial charge in [-0.1, -0.05) is 12.1 Å². The molecule has 0 saturated carbocycles. The van der Waals surface area contributed by atoms with Gasteiger partial charge in [0.05, 0.1) is 72.2 Å². The van der Waals surface area contributed by atoms with Gasteiger partial charge in [0.1, 0.15) is 5.75 Å². The average Bonchev–Trinajstić information content (AvgIpc) is 3.11. The highest BCUT2D eigenvalue weighted by atomic mass is 16.5. The van der Waals surface area contributed by atoms with E-state index >= 15 is 0 Å². The van der Waals surface area contributed by atoms with E-state index in [4.69, 9.17) is 43.1 Å². The quantitative estimate of drug-likeness (QED) is 0.178. The fraction of sp³-hybridized carbons (Fsp3) is 0.229. The summed E-state index contributed by atoms with van der Waals surface area (Å²) in [5, 5.41) is 2.97. The summed E-state index contributed by atoms with van der Waals surface area (Å²) in [7, 11) is 10.9. The Balaban J connectivity index is 1.65. The van der Waals surface area contributed by atoms with Crippen molar-refractivity contribution in [1.82, 2.24) is 15.3 Å². The van der Waals surface area contributed by atoms with E-state index in [2.05, 4.69) is 5.32 Å². The van der Waals surface area contributed by atoms with Crippen LogP contribution in [0.1, 0.15) is 15.9 Å². The molecule has 1 heterocycles. The maximum absolute atomic E-state index is 13.2. The molecule has 0 atom stereocenters. The molecule has 0 spiro atoms. The molecule has 11 nitrogen and oxygen atoms in total. The lowest BCUT2D eigenvalue weighted by molar-refractivity contribution is 0.0951. The maximum atomic E-state index is 13.2. The predicted octanol–water partition coefficient (Wildman–Crippen LogP) is 5.95. The number of carbonyl (C=O) groups excluding carboxylic acids is 1. The first-order valence-electron chi connectivity index (χ1n) is 14.2. The van der Waals surface area contributed by atoms with Gasteiger partial charge in [0.25, 0.3) is 5.91 Å². The van der Waals surface area contributed by atoms with Gasteiger partial charge in [-0.25, -0.2) is 9.97 Å². The minimum Gasteiger partial charge on any atom is -0.497 e. The first-order valence-corrected chi connectivity index (χ1v) is 14.2. The van der Waals surface area contributed by atoms with Gasteiger partial charge >= 0.3 is 0 Å². The van der Waals surface area contributed by atoms with Crippen LogP contribution in [0.15, 0.2) is 66.7 Å². The van der Waals surface area contributed by atoms with Crippen molar-refractivity contribution in [3.8, 4) is 62.8 Å². The number of amides is 1. The van der Waals surface area contributed by atoms with Crippen molar-refractivity contribution in [1.29, 1.82) is 0 Å². The number of nitrogens with one attached hydrogen (secondary N) is 1. The standard InChI is InChI=1S/C35H35N3O8/c1-40-24-11-8-20(9-12-24)19-36-35(39)21-10-13-25-26(14-21)38-32(23-17-29(43-4)34(46-7)30(18-23)44-5)31(37-25)22-15-27(41-2)33(45-6)28(16-22)42-3/h8-18H,19H2,1-7H3,(H,36,39). The number of aromatic nitrogens is 2. The Morgan fingerprint density at radius 2 is 1.04 bits per heavy atom. The van der Waals surface area contributed by atoms with E-state index in [1.54, 1.807) is 92.2 Å². The van der Waals surface area contributed by atoms with Gasteiger partial charge in [0, 0.05) is 23.2 Å². The van der Waals surface area contributed by atoms with Gasteiger partial charge in [0.2, 0.25) is 11.5 Å². The zero-order chi connectivity index (χ0) is 32.8. The van der Waals surface area contributed by atoms with Crippen LogP contribution in [-0.2, 0) is 6.54 Å². The summed E-state index contributed by atoms with van der Waals surface area (Å²) >= 11 is 0. The van der Waals surface area contributed by atoms with Crippen molar-refractivity contribution in [2.24, 2.45) is 0 Å². The van der Waals surface area contributed by atoms with Gasteiger partial charge in [0.15, 0.2) is 23.0 Å². The van der Waals surface area contributed by atoms with E-state index in [0.717, 1.165) is 11.3 Å². The summed E-state index contributed by atoms with van der Waals surface area (Å²) in [5.41, 5.74) is 4.79. The monoisotopic (exact) mass is 625 g/mol. The number of hydrogen-bond acceptors (Lipinski definition) is 10. The van der Waals surface area contributed by atoms with Crippen molar-refractivity contribution < 1.29 is 38.0 Å². The number of methoxy groups -OCH3 is 7. The lowest BCUT2D eigenvalue weighted by Gasteiger charge is -2.18. The lowest BCUT2D eigenvalue weighted by Crippen LogP contribution is -2.22. The van der Waals surface area contributed by atoms with Crippen LogP contribution in [0.5, 0.6) is 40.2 Å². The van der Waals surface area contributed by atoms with Crippen molar-refractivity contribution in [3.63, 3.8) is 0 Å². The Morgan fingerprint density at radius 1 is 0.565 bits per heavy atom. The largest absolute Gasteiger partial charge is 0.497 e. The molecule has 1 amide bonds. The normalized spacial score (nSPS) is 10.7. The molecule has 0 bridgehead atoms. The van der Waals surface area contributed by atoms with E-state index < -0.39 is 0 Å². The molecule has 0 fully saturated rings. The van der Waals surface area contributed by atoms with E-state index in [1.165, 1.54) is 0 Å². The van der Waals surface area contributed by atoms with Crippen LogP contribution in [-0.4, -0.2) is 65.6 Å². The van der Waals surface area contributed by atoms with E-state index in [-0.39, 0.29) is 5.91 Å². The topological polar surface area (TPSA) is 119 Å². The molecule has 0 aliphatic rings. The summed E-state index contributed by atoms with van der Waals surface area (Å²) in [4.78, 5) is 23.3. The van der Waals surface area contributed by atoms with Crippen molar-refractivity contribution in [2.45, 2.75) is 6.54 Å². The van der Waals surface area contributed by atoms with E-state index in [9.17, 15) is 4.79 Å². The van der Waals surface area contributed by atoms with Crippen molar-refractivity contribution in [3.05, 3.63) is 77.9 Å². The smallest absolute Gasteiger partial charge is 0.251 e. The number of fused-ring (bicyclic) bond motifs is 1. The zero-order valence-corrected chi connectivity index (χ0v) is 26.7. The minimum absolute atomic E-state index is 0.248. The SMILES string of the molecule is COc1ccc(CNC(=O)c2ccc3nc(-c4cc(OC)c(OC)c(OC)c4)c(-c4cc(OC)c(OC)c(OC)c4)nc3c2)cc1. The highest BCUT2D eigenvalue weighted by molar-refractivity contribution is 5.98. The number of nitrogens with zero attached hydrogens (tertiary/aromatic N) is 2. The van der Waals surface area contributed by atoms with Crippen LogP contribution in [0.2, 0.25) is 0 Å². The summed E-state index contributed by atoms with van der Waals surface area (Å²) in [6, 6.07) is 19.9. The minimum atomic E-state index is -0.248. The van der Waals surface area contributed by atoms with Crippen LogP contribution >= 0.6 is 0 Å². The summed E-state index contributed by atoms with van der Waals surface area (Å²) in [5.74, 6) is 3.19. The second-order valence-corrected chi connectivity index (χ2v) is 9.98. The Labute approximate surface area is 267 Å². The molecular formula is C35H35N3O8. The summed E-state index contributed by atoms with van der Waals surface area (Å²) in [6.07, 6.45) is 0. The zero-order valence-electron chi connectivity index (χ0n) is 26.7. The van der Waals surface area contributed by atoms with Gasteiger partial charge in [-0.05, 0) is 60.2 Å². The second-order valence-electron chi connectivity index (χ2n) is 9.98. The van der Waals surface area contributed by atoms with E-state index in [1.807, 2.05) is 24.3 Å². The number of ether oxygens (including phenoxy) is 7. The van der Waals surface area contributed by atoms with E-state index in [0.29, 0.717) is 80.2 Å². The molecule has 4 aromatic carbocycles. The van der Waals surface area contributed by atoms with Crippen LogP contribution in [0.4, 0.5) is 0 Å². The fourth-order valence-corrected chi connectivity index (χ4v) is 5.06. The van der Waals surface area contributed by atoms with Gasteiger partial charge in [-0.2, -0.15) is 0 Å². The molecule has 0 aliphatic carbocycles. The molecule has 46 heavy (non-hydrogen) atoms. The van der Waals surface area contributed by atoms with Crippen LogP contribution in [0, 0.1) is 0 Å². The molecule has 11 heteroatoms. The number of carbonyl (C=O) groups is 1. The second kappa shape index (κ2) is 13.9. The van der Waals surface area contributed by atoms with Crippen LogP contribution in [0.3, 0.4) is 0 Å². The Kier molecular flexibility index (Phi) is 9.61. The molecule has 5 aromatic rings.